The van der Waals surface area contributed by atoms with Gasteiger partial charge in [0.25, 0.3) is 11.8 Å². The van der Waals surface area contributed by atoms with Gasteiger partial charge in [-0.25, -0.2) is 0 Å². The maximum Gasteiger partial charge on any atom is 0.255 e. The molecular weight excluding hydrogens is 400 g/mol. The fourth-order valence-electron chi connectivity index (χ4n) is 5.04. The minimum absolute atomic E-state index is 0.0443. The molecule has 6 heteroatoms. The van der Waals surface area contributed by atoms with Crippen molar-refractivity contribution in [3.05, 3.63) is 76.0 Å². The van der Waals surface area contributed by atoms with E-state index in [1.807, 2.05) is 36.1 Å². The maximum absolute atomic E-state index is 13.1. The summed E-state index contributed by atoms with van der Waals surface area (Å²) in [4.78, 5) is 26.8. The van der Waals surface area contributed by atoms with E-state index >= 15 is 0 Å². The van der Waals surface area contributed by atoms with Gasteiger partial charge in [-0.3, -0.25) is 14.7 Å². The first-order valence-electron chi connectivity index (χ1n) is 11.1. The molecular formula is C26H28N4O2. The van der Waals surface area contributed by atoms with Crippen LogP contribution < -0.4 is 5.32 Å². The quantitative estimate of drug-likeness (QED) is 0.651. The lowest BCUT2D eigenvalue weighted by Gasteiger charge is -2.24. The van der Waals surface area contributed by atoms with Crippen LogP contribution in [0.1, 0.15) is 69.9 Å². The van der Waals surface area contributed by atoms with E-state index in [-0.39, 0.29) is 23.3 Å². The molecule has 0 saturated carbocycles. The molecule has 164 valence electrons. The van der Waals surface area contributed by atoms with Crippen molar-refractivity contribution in [2.75, 3.05) is 7.05 Å². The summed E-state index contributed by atoms with van der Waals surface area (Å²) in [5, 5.41) is 10.4. The Morgan fingerprint density at radius 3 is 2.62 bits per heavy atom. The first-order valence-corrected chi connectivity index (χ1v) is 11.1. The number of H-pyrrole nitrogens is 1. The number of aromatic nitrogens is 2. The van der Waals surface area contributed by atoms with E-state index in [0.29, 0.717) is 12.1 Å². The minimum atomic E-state index is -0.116. The first-order chi connectivity index (χ1) is 15.3. The van der Waals surface area contributed by atoms with Crippen molar-refractivity contribution in [1.29, 1.82) is 0 Å². The predicted molar refractivity (Wildman–Crippen MR) is 123 cm³/mol. The van der Waals surface area contributed by atoms with Crippen molar-refractivity contribution in [3.63, 3.8) is 0 Å². The van der Waals surface area contributed by atoms with Gasteiger partial charge < -0.3 is 10.2 Å². The van der Waals surface area contributed by atoms with Crippen LogP contribution in [0, 0.1) is 5.41 Å². The molecule has 1 aromatic heterocycles. The van der Waals surface area contributed by atoms with E-state index in [2.05, 4.69) is 35.4 Å². The molecule has 2 heterocycles. The number of benzene rings is 2. The Labute approximate surface area is 188 Å². The zero-order valence-corrected chi connectivity index (χ0v) is 19.0. The van der Waals surface area contributed by atoms with Crippen LogP contribution in [0.2, 0.25) is 0 Å². The SMILES string of the molecule is CNC(=O)c1ccc([C@@H](C)N2Cc3cc(-c4n[nH]c5c4CC(C)(C)C5)ccc3C2=O)cc1. The molecule has 6 nitrogen and oxygen atoms in total. The van der Waals surface area contributed by atoms with Crippen LogP contribution in [0.15, 0.2) is 42.5 Å². The molecule has 0 saturated heterocycles. The van der Waals surface area contributed by atoms with Crippen molar-refractivity contribution in [1.82, 2.24) is 20.4 Å². The van der Waals surface area contributed by atoms with Gasteiger partial charge in [0.1, 0.15) is 0 Å². The summed E-state index contributed by atoms with van der Waals surface area (Å²) in [6.45, 7) is 7.17. The van der Waals surface area contributed by atoms with Gasteiger partial charge in [0.05, 0.1) is 11.7 Å². The molecule has 1 aliphatic heterocycles. The molecule has 2 aromatic carbocycles. The average Bonchev–Trinajstić information content (AvgIpc) is 3.41. The third-order valence-corrected chi connectivity index (χ3v) is 6.82. The average molecular weight is 429 g/mol. The monoisotopic (exact) mass is 428 g/mol. The third kappa shape index (κ3) is 3.30. The molecule has 0 unspecified atom stereocenters. The molecule has 2 amide bonds. The molecule has 2 aliphatic rings. The normalized spacial score (nSPS) is 17.2. The highest BCUT2D eigenvalue weighted by Gasteiger charge is 2.34. The summed E-state index contributed by atoms with van der Waals surface area (Å²) in [7, 11) is 1.62. The van der Waals surface area contributed by atoms with E-state index in [1.165, 1.54) is 11.3 Å². The Balaban J connectivity index is 1.39. The molecule has 0 radical (unpaired) electrons. The van der Waals surface area contributed by atoms with Gasteiger partial charge in [-0.1, -0.05) is 32.0 Å². The van der Waals surface area contributed by atoms with Gasteiger partial charge in [-0.2, -0.15) is 5.10 Å². The third-order valence-electron chi connectivity index (χ3n) is 6.82. The molecule has 1 aliphatic carbocycles. The van der Waals surface area contributed by atoms with E-state index in [0.717, 1.165) is 40.8 Å². The molecule has 1 atom stereocenters. The van der Waals surface area contributed by atoms with Crippen molar-refractivity contribution in [2.24, 2.45) is 5.41 Å². The van der Waals surface area contributed by atoms with E-state index in [4.69, 9.17) is 0 Å². The summed E-state index contributed by atoms with van der Waals surface area (Å²) in [5.74, 6) is -0.0718. The van der Waals surface area contributed by atoms with Crippen LogP contribution >= 0.6 is 0 Å². The number of nitrogens with zero attached hydrogens (tertiary/aromatic N) is 2. The number of aromatic amines is 1. The highest BCUT2D eigenvalue weighted by Crippen LogP contribution is 2.41. The fraction of sp³-hybridized carbons (Fsp3) is 0.346. The molecule has 3 aromatic rings. The highest BCUT2D eigenvalue weighted by atomic mass is 16.2. The largest absolute Gasteiger partial charge is 0.355 e. The summed E-state index contributed by atoms with van der Waals surface area (Å²) in [6, 6.07) is 13.4. The zero-order valence-electron chi connectivity index (χ0n) is 19.0. The first kappa shape index (κ1) is 20.5. The Bertz CT molecular complexity index is 1220. The number of fused-ring (bicyclic) bond motifs is 2. The highest BCUT2D eigenvalue weighted by molar-refractivity contribution is 5.99. The number of hydrogen-bond acceptors (Lipinski definition) is 3. The van der Waals surface area contributed by atoms with Crippen LogP contribution in [-0.2, 0) is 19.4 Å². The Kier molecular flexibility index (Phi) is 4.69. The molecule has 2 N–H and O–H groups in total. The second kappa shape index (κ2) is 7.33. The van der Waals surface area contributed by atoms with E-state index < -0.39 is 0 Å². The molecule has 5 rings (SSSR count). The molecule has 0 spiro atoms. The number of hydrogen-bond donors (Lipinski definition) is 2. The van der Waals surface area contributed by atoms with E-state index in [9.17, 15) is 9.59 Å². The smallest absolute Gasteiger partial charge is 0.255 e. The minimum Gasteiger partial charge on any atom is -0.355 e. The number of rotatable bonds is 4. The van der Waals surface area contributed by atoms with Crippen LogP contribution in [-0.4, -0.2) is 34.0 Å². The Morgan fingerprint density at radius 1 is 1.16 bits per heavy atom. The number of nitrogens with one attached hydrogen (secondary N) is 2. The second-order valence-corrected chi connectivity index (χ2v) is 9.73. The Morgan fingerprint density at radius 2 is 1.91 bits per heavy atom. The summed E-state index contributed by atoms with van der Waals surface area (Å²) >= 11 is 0. The maximum atomic E-state index is 13.1. The number of carbonyl (C=O) groups excluding carboxylic acids is 2. The number of amides is 2. The standard InChI is InChI=1S/C26H28N4O2/c1-15(16-5-7-17(8-6-16)24(31)27-4)30-14-19-11-18(9-10-20(19)25(30)32)23-21-12-26(2,3)13-22(21)28-29-23/h5-11,15H,12-14H2,1-4H3,(H,27,31)(H,28,29)/t15-/m1/s1. The lowest BCUT2D eigenvalue weighted by Crippen LogP contribution is -2.27. The van der Waals surface area contributed by atoms with Crippen LogP contribution in [0.4, 0.5) is 0 Å². The zero-order chi connectivity index (χ0) is 22.6. The van der Waals surface area contributed by atoms with Gasteiger partial charge >= 0.3 is 0 Å². The van der Waals surface area contributed by atoms with E-state index in [1.54, 1.807) is 19.2 Å². The van der Waals surface area contributed by atoms with Crippen molar-refractivity contribution >= 4 is 11.8 Å². The molecule has 32 heavy (non-hydrogen) atoms. The predicted octanol–water partition coefficient (Wildman–Crippen LogP) is 4.28. The van der Waals surface area contributed by atoms with Gasteiger partial charge in [-0.15, -0.1) is 0 Å². The van der Waals surface area contributed by atoms with Gasteiger partial charge in [0, 0.05) is 41.5 Å². The van der Waals surface area contributed by atoms with Crippen LogP contribution in [0.5, 0.6) is 0 Å². The number of carbonyl (C=O) groups is 2. The molecule has 0 bridgehead atoms. The second-order valence-electron chi connectivity index (χ2n) is 9.73. The summed E-state index contributed by atoms with van der Waals surface area (Å²) in [6.07, 6.45) is 2.03. The summed E-state index contributed by atoms with van der Waals surface area (Å²) < 4.78 is 0. The van der Waals surface area contributed by atoms with Gasteiger partial charge in [0.2, 0.25) is 0 Å². The van der Waals surface area contributed by atoms with Crippen molar-refractivity contribution in [2.45, 2.75) is 46.2 Å². The fourth-order valence-corrected chi connectivity index (χ4v) is 5.04. The molecule has 0 fully saturated rings. The van der Waals surface area contributed by atoms with Crippen LogP contribution in [0.25, 0.3) is 11.3 Å². The van der Waals surface area contributed by atoms with Gasteiger partial charge in [-0.05, 0) is 60.6 Å². The Hall–Kier alpha value is -3.41. The van der Waals surface area contributed by atoms with Gasteiger partial charge in [0.15, 0.2) is 0 Å². The topological polar surface area (TPSA) is 78.1 Å². The van der Waals surface area contributed by atoms with Crippen molar-refractivity contribution < 1.29 is 9.59 Å². The van der Waals surface area contributed by atoms with Crippen molar-refractivity contribution in [3.8, 4) is 11.3 Å². The van der Waals surface area contributed by atoms with Crippen LogP contribution in [0.3, 0.4) is 0 Å². The lowest BCUT2D eigenvalue weighted by molar-refractivity contribution is 0.0715. The summed E-state index contributed by atoms with van der Waals surface area (Å²) in [5.41, 5.74) is 8.28. The lowest BCUT2D eigenvalue weighted by atomic mass is 9.90.